The van der Waals surface area contributed by atoms with Crippen molar-refractivity contribution in [2.24, 2.45) is 11.7 Å². The van der Waals surface area contributed by atoms with Crippen molar-refractivity contribution in [2.45, 2.75) is 25.3 Å². The molecule has 1 fully saturated rings. The van der Waals surface area contributed by atoms with E-state index in [0.717, 1.165) is 37.2 Å². The summed E-state index contributed by atoms with van der Waals surface area (Å²) in [4.78, 5) is 14.3. The fourth-order valence-electron chi connectivity index (χ4n) is 2.70. The van der Waals surface area contributed by atoms with E-state index in [9.17, 15) is 4.79 Å². The molecule has 0 radical (unpaired) electrons. The second kappa shape index (κ2) is 4.28. The number of ether oxygens (including phenoxy) is 1. The first-order chi connectivity index (χ1) is 8.72. The average molecular weight is 246 g/mol. The van der Waals surface area contributed by atoms with Crippen LogP contribution in [0.15, 0.2) is 18.2 Å². The Morgan fingerprint density at radius 3 is 2.94 bits per heavy atom. The Bertz CT molecular complexity index is 472. The number of rotatable bonds is 2. The fraction of sp³-hybridized carbons (Fsp3) is 0.500. The minimum absolute atomic E-state index is 0.0147. The van der Waals surface area contributed by atoms with E-state index >= 15 is 0 Å². The number of hydrogen-bond donors (Lipinski definition) is 1. The van der Waals surface area contributed by atoms with Gasteiger partial charge < -0.3 is 15.4 Å². The minimum Gasteiger partial charge on any atom is -0.495 e. The van der Waals surface area contributed by atoms with Crippen LogP contribution in [-0.2, 0) is 11.2 Å². The number of nitrogens with two attached hydrogens (primary N) is 1. The van der Waals surface area contributed by atoms with Crippen LogP contribution in [0.1, 0.15) is 18.4 Å². The predicted octanol–water partition coefficient (Wildman–Crippen LogP) is 1.32. The summed E-state index contributed by atoms with van der Waals surface area (Å²) >= 11 is 0. The van der Waals surface area contributed by atoms with Crippen LogP contribution in [0.25, 0.3) is 0 Å². The molecule has 3 rings (SSSR count). The van der Waals surface area contributed by atoms with E-state index in [1.165, 1.54) is 5.56 Å². The number of para-hydroxylation sites is 1. The molecule has 0 saturated heterocycles. The van der Waals surface area contributed by atoms with Gasteiger partial charge in [0.2, 0.25) is 5.91 Å². The summed E-state index contributed by atoms with van der Waals surface area (Å²) in [5.41, 5.74) is 7.94. The van der Waals surface area contributed by atoms with Crippen molar-refractivity contribution >= 4 is 11.6 Å². The Kier molecular flexibility index (Phi) is 2.74. The molecule has 1 aliphatic heterocycles. The number of amides is 1. The average Bonchev–Trinajstić information content (AvgIpc) is 3.13. The molecule has 4 nitrogen and oxygen atoms in total. The highest BCUT2D eigenvalue weighted by molar-refractivity contribution is 5.99. The maximum absolute atomic E-state index is 12.4. The van der Waals surface area contributed by atoms with Gasteiger partial charge in [0.15, 0.2) is 0 Å². The molecule has 18 heavy (non-hydrogen) atoms. The summed E-state index contributed by atoms with van der Waals surface area (Å²) < 4.78 is 5.39. The molecule has 96 valence electrons. The summed E-state index contributed by atoms with van der Waals surface area (Å²) in [5.74, 6) is 0.962. The van der Waals surface area contributed by atoms with Crippen molar-refractivity contribution in [1.82, 2.24) is 0 Å². The summed E-state index contributed by atoms with van der Waals surface area (Å²) in [6.07, 6.45) is 2.83. The van der Waals surface area contributed by atoms with E-state index < -0.39 is 0 Å². The number of nitrogens with zero attached hydrogens (tertiary/aromatic N) is 1. The van der Waals surface area contributed by atoms with Gasteiger partial charge in [0, 0.05) is 12.6 Å². The molecule has 2 N–H and O–H groups in total. The molecule has 2 atom stereocenters. The van der Waals surface area contributed by atoms with Crippen LogP contribution in [0, 0.1) is 5.92 Å². The molecule has 1 aromatic carbocycles. The summed E-state index contributed by atoms with van der Waals surface area (Å²) in [5, 5.41) is 0. The van der Waals surface area contributed by atoms with E-state index in [4.69, 9.17) is 10.5 Å². The molecular formula is C14H18N2O2. The zero-order chi connectivity index (χ0) is 12.7. The van der Waals surface area contributed by atoms with Crippen LogP contribution in [0.4, 0.5) is 5.69 Å². The van der Waals surface area contributed by atoms with Crippen molar-refractivity contribution < 1.29 is 9.53 Å². The minimum atomic E-state index is 0.0147. The Morgan fingerprint density at radius 2 is 2.28 bits per heavy atom. The third-order valence-corrected chi connectivity index (χ3v) is 3.82. The highest BCUT2D eigenvalue weighted by atomic mass is 16.5. The van der Waals surface area contributed by atoms with Gasteiger partial charge in [-0.2, -0.15) is 0 Å². The lowest BCUT2D eigenvalue weighted by atomic mass is 10.0. The van der Waals surface area contributed by atoms with Gasteiger partial charge >= 0.3 is 0 Å². The number of carbonyl (C=O) groups excluding carboxylic acids is 1. The normalized spacial score (nSPS) is 25.6. The highest BCUT2D eigenvalue weighted by Crippen LogP contribution is 2.39. The molecule has 0 spiro atoms. The van der Waals surface area contributed by atoms with Gasteiger partial charge in [0.1, 0.15) is 5.75 Å². The topological polar surface area (TPSA) is 55.6 Å². The van der Waals surface area contributed by atoms with Gasteiger partial charge in [-0.1, -0.05) is 12.1 Å². The zero-order valence-corrected chi connectivity index (χ0v) is 10.6. The molecule has 0 aromatic heterocycles. The molecule has 1 aliphatic carbocycles. The van der Waals surface area contributed by atoms with Gasteiger partial charge in [-0.3, -0.25) is 4.79 Å². The molecule has 4 heteroatoms. The van der Waals surface area contributed by atoms with E-state index in [0.29, 0.717) is 0 Å². The number of aryl methyl sites for hydroxylation is 1. The monoisotopic (exact) mass is 246 g/mol. The fourth-order valence-corrected chi connectivity index (χ4v) is 2.70. The molecule has 1 saturated carbocycles. The lowest BCUT2D eigenvalue weighted by Gasteiger charge is -2.31. The van der Waals surface area contributed by atoms with Crippen LogP contribution < -0.4 is 15.4 Å². The standard InChI is InChI=1S/C14H18N2O2/c1-18-12-6-2-4-9-5-3-7-16(13(9)12)14(17)10-8-11(10)15/h2,4,6,10-11H,3,5,7-8,15H2,1H3. The van der Waals surface area contributed by atoms with Crippen molar-refractivity contribution in [3.8, 4) is 5.75 Å². The van der Waals surface area contributed by atoms with E-state index in [2.05, 4.69) is 6.07 Å². The van der Waals surface area contributed by atoms with Gasteiger partial charge in [-0.05, 0) is 30.9 Å². The molecule has 2 unspecified atom stereocenters. The lowest BCUT2D eigenvalue weighted by molar-refractivity contribution is -0.120. The van der Waals surface area contributed by atoms with Gasteiger partial charge in [-0.15, -0.1) is 0 Å². The maximum atomic E-state index is 12.4. The number of carbonyl (C=O) groups is 1. The Hall–Kier alpha value is -1.55. The van der Waals surface area contributed by atoms with Crippen LogP contribution in [-0.4, -0.2) is 25.6 Å². The Morgan fingerprint density at radius 1 is 1.50 bits per heavy atom. The number of hydrogen-bond acceptors (Lipinski definition) is 3. The van der Waals surface area contributed by atoms with E-state index in [1.54, 1.807) is 7.11 Å². The van der Waals surface area contributed by atoms with Crippen molar-refractivity contribution in [1.29, 1.82) is 0 Å². The smallest absolute Gasteiger partial charge is 0.231 e. The third-order valence-electron chi connectivity index (χ3n) is 3.82. The third kappa shape index (κ3) is 1.77. The number of anilines is 1. The molecule has 2 aliphatic rings. The first kappa shape index (κ1) is 11.5. The molecule has 1 heterocycles. The van der Waals surface area contributed by atoms with Crippen LogP contribution in [0.5, 0.6) is 5.75 Å². The SMILES string of the molecule is COc1cccc2c1N(C(=O)C1CC1N)CCC2. The van der Waals surface area contributed by atoms with Crippen molar-refractivity contribution in [3.63, 3.8) is 0 Å². The molecule has 1 aromatic rings. The molecule has 1 amide bonds. The van der Waals surface area contributed by atoms with Crippen LogP contribution in [0.2, 0.25) is 0 Å². The van der Waals surface area contributed by atoms with Gasteiger partial charge in [-0.25, -0.2) is 0 Å². The molecule has 0 bridgehead atoms. The van der Waals surface area contributed by atoms with Crippen molar-refractivity contribution in [3.05, 3.63) is 23.8 Å². The Balaban J connectivity index is 1.97. The van der Waals surface area contributed by atoms with Gasteiger partial charge in [0.05, 0.1) is 18.7 Å². The summed E-state index contributed by atoms with van der Waals surface area (Å²) in [6, 6.07) is 6.02. The second-order valence-corrected chi connectivity index (χ2v) is 5.07. The van der Waals surface area contributed by atoms with Crippen LogP contribution >= 0.6 is 0 Å². The first-order valence-electron chi connectivity index (χ1n) is 6.45. The van der Waals surface area contributed by atoms with E-state index in [-0.39, 0.29) is 17.9 Å². The summed E-state index contributed by atoms with van der Waals surface area (Å²) in [6.45, 7) is 0.773. The highest BCUT2D eigenvalue weighted by Gasteiger charge is 2.43. The molecular weight excluding hydrogens is 228 g/mol. The van der Waals surface area contributed by atoms with E-state index in [1.807, 2.05) is 17.0 Å². The Labute approximate surface area is 107 Å². The predicted molar refractivity (Wildman–Crippen MR) is 69.8 cm³/mol. The maximum Gasteiger partial charge on any atom is 0.231 e. The largest absolute Gasteiger partial charge is 0.495 e. The second-order valence-electron chi connectivity index (χ2n) is 5.07. The summed E-state index contributed by atoms with van der Waals surface area (Å²) in [7, 11) is 1.65. The number of fused-ring (bicyclic) bond motifs is 1. The number of methoxy groups -OCH3 is 1. The first-order valence-corrected chi connectivity index (χ1v) is 6.45. The number of benzene rings is 1. The van der Waals surface area contributed by atoms with Gasteiger partial charge in [0.25, 0.3) is 0 Å². The lowest BCUT2D eigenvalue weighted by Crippen LogP contribution is -2.38. The van der Waals surface area contributed by atoms with Crippen LogP contribution in [0.3, 0.4) is 0 Å². The van der Waals surface area contributed by atoms with Crippen molar-refractivity contribution in [2.75, 3.05) is 18.6 Å². The zero-order valence-electron chi connectivity index (χ0n) is 10.6. The quantitative estimate of drug-likeness (QED) is 0.856.